The zero-order chi connectivity index (χ0) is 10.9. The van der Waals surface area contributed by atoms with Crippen molar-refractivity contribution in [2.75, 3.05) is 24.6 Å². The summed E-state index contributed by atoms with van der Waals surface area (Å²) >= 11 is 1.99. The number of carbonyl (C=O) groups excluding carboxylic acids is 1. The number of nitrogens with one attached hydrogen (secondary N) is 1. The summed E-state index contributed by atoms with van der Waals surface area (Å²) < 4.78 is 0. The van der Waals surface area contributed by atoms with E-state index in [0.717, 1.165) is 32.4 Å². The Labute approximate surface area is 96.6 Å². The molecular formula is C11H22N2OS. The molecule has 0 radical (unpaired) electrons. The van der Waals surface area contributed by atoms with Crippen LogP contribution < -0.4 is 11.1 Å². The van der Waals surface area contributed by atoms with Crippen molar-refractivity contribution in [2.24, 2.45) is 11.7 Å². The maximum absolute atomic E-state index is 11.4. The van der Waals surface area contributed by atoms with Gasteiger partial charge >= 0.3 is 0 Å². The van der Waals surface area contributed by atoms with Crippen molar-refractivity contribution in [1.82, 2.24) is 5.32 Å². The summed E-state index contributed by atoms with van der Waals surface area (Å²) in [5, 5.41) is 3.02. The first-order chi connectivity index (χ1) is 7.33. The van der Waals surface area contributed by atoms with Gasteiger partial charge in [0.25, 0.3) is 0 Å². The van der Waals surface area contributed by atoms with Crippen LogP contribution in [-0.2, 0) is 4.79 Å². The maximum Gasteiger partial charge on any atom is 0.220 e. The SMILES string of the molecule is NCCCCCC(=O)NCC1CCSC1. The molecule has 1 amide bonds. The standard InChI is InChI=1S/C11H22N2OS/c12-6-3-1-2-4-11(14)13-8-10-5-7-15-9-10/h10H,1-9,12H2,(H,13,14). The van der Waals surface area contributed by atoms with Crippen LogP contribution in [0.2, 0.25) is 0 Å². The highest BCUT2D eigenvalue weighted by Gasteiger charge is 2.15. The van der Waals surface area contributed by atoms with Gasteiger partial charge in [0.15, 0.2) is 0 Å². The highest BCUT2D eigenvalue weighted by atomic mass is 32.2. The largest absolute Gasteiger partial charge is 0.356 e. The van der Waals surface area contributed by atoms with E-state index >= 15 is 0 Å². The number of carbonyl (C=O) groups is 1. The third-order valence-corrected chi connectivity index (χ3v) is 3.95. The van der Waals surface area contributed by atoms with Crippen LogP contribution in [0.3, 0.4) is 0 Å². The van der Waals surface area contributed by atoms with Gasteiger partial charge in [0, 0.05) is 13.0 Å². The molecule has 0 aromatic carbocycles. The van der Waals surface area contributed by atoms with Gasteiger partial charge in [-0.3, -0.25) is 4.79 Å². The van der Waals surface area contributed by atoms with E-state index in [0.29, 0.717) is 12.3 Å². The first-order valence-corrected chi connectivity index (χ1v) is 7.03. The molecule has 0 saturated carbocycles. The molecule has 4 heteroatoms. The van der Waals surface area contributed by atoms with Gasteiger partial charge in [-0.1, -0.05) is 6.42 Å². The molecule has 88 valence electrons. The van der Waals surface area contributed by atoms with Crippen molar-refractivity contribution >= 4 is 17.7 Å². The van der Waals surface area contributed by atoms with E-state index in [1.54, 1.807) is 0 Å². The third kappa shape index (κ3) is 6.05. The van der Waals surface area contributed by atoms with Crippen LogP contribution in [0.1, 0.15) is 32.1 Å². The van der Waals surface area contributed by atoms with E-state index in [9.17, 15) is 4.79 Å². The van der Waals surface area contributed by atoms with E-state index in [-0.39, 0.29) is 5.91 Å². The fourth-order valence-corrected chi connectivity index (χ4v) is 2.98. The summed E-state index contributed by atoms with van der Waals surface area (Å²) in [4.78, 5) is 11.4. The van der Waals surface area contributed by atoms with Gasteiger partial charge < -0.3 is 11.1 Å². The molecule has 0 aliphatic carbocycles. The molecule has 0 aromatic rings. The third-order valence-electron chi connectivity index (χ3n) is 2.72. The normalized spacial score (nSPS) is 20.5. The second kappa shape index (κ2) is 7.99. The Hall–Kier alpha value is -0.220. The van der Waals surface area contributed by atoms with Crippen LogP contribution in [-0.4, -0.2) is 30.5 Å². The van der Waals surface area contributed by atoms with Crippen LogP contribution in [0.5, 0.6) is 0 Å². The van der Waals surface area contributed by atoms with Crippen LogP contribution >= 0.6 is 11.8 Å². The molecule has 1 aliphatic heterocycles. The molecule has 0 bridgehead atoms. The minimum atomic E-state index is 0.212. The summed E-state index contributed by atoms with van der Waals surface area (Å²) in [6, 6.07) is 0. The lowest BCUT2D eigenvalue weighted by Gasteiger charge is -2.09. The minimum absolute atomic E-state index is 0.212. The zero-order valence-electron chi connectivity index (χ0n) is 9.34. The van der Waals surface area contributed by atoms with Gasteiger partial charge in [-0.15, -0.1) is 0 Å². The van der Waals surface area contributed by atoms with Crippen molar-refractivity contribution in [3.8, 4) is 0 Å². The van der Waals surface area contributed by atoms with Gasteiger partial charge in [0.1, 0.15) is 0 Å². The van der Waals surface area contributed by atoms with Crippen molar-refractivity contribution < 1.29 is 4.79 Å². The molecule has 0 aromatic heterocycles. The monoisotopic (exact) mass is 230 g/mol. The molecule has 1 heterocycles. The number of rotatable bonds is 7. The number of thioether (sulfide) groups is 1. The Morgan fingerprint density at radius 3 is 2.93 bits per heavy atom. The smallest absolute Gasteiger partial charge is 0.220 e. The second-order valence-electron chi connectivity index (χ2n) is 4.13. The molecule has 3 nitrogen and oxygen atoms in total. The summed E-state index contributed by atoms with van der Waals surface area (Å²) in [6.07, 6.45) is 5.01. The maximum atomic E-state index is 11.4. The average Bonchev–Trinajstić information content (AvgIpc) is 2.74. The van der Waals surface area contributed by atoms with Gasteiger partial charge in [-0.2, -0.15) is 11.8 Å². The Bertz CT molecular complexity index is 181. The van der Waals surface area contributed by atoms with E-state index in [1.807, 2.05) is 11.8 Å². The predicted molar refractivity (Wildman–Crippen MR) is 66.0 cm³/mol. The number of hydrogen-bond donors (Lipinski definition) is 2. The van der Waals surface area contributed by atoms with E-state index in [2.05, 4.69) is 5.32 Å². The van der Waals surface area contributed by atoms with Gasteiger partial charge in [-0.05, 0) is 43.2 Å². The van der Waals surface area contributed by atoms with E-state index < -0.39 is 0 Å². The molecule has 1 unspecified atom stereocenters. The molecule has 3 N–H and O–H groups in total. The van der Waals surface area contributed by atoms with Crippen molar-refractivity contribution in [1.29, 1.82) is 0 Å². The first-order valence-electron chi connectivity index (χ1n) is 5.87. The van der Waals surface area contributed by atoms with E-state index in [4.69, 9.17) is 5.73 Å². The van der Waals surface area contributed by atoms with Gasteiger partial charge in [0.2, 0.25) is 5.91 Å². The van der Waals surface area contributed by atoms with Gasteiger partial charge in [0.05, 0.1) is 0 Å². The van der Waals surface area contributed by atoms with Crippen molar-refractivity contribution in [3.05, 3.63) is 0 Å². The van der Waals surface area contributed by atoms with Crippen LogP contribution in [0, 0.1) is 5.92 Å². The summed E-state index contributed by atoms with van der Waals surface area (Å²) in [7, 11) is 0. The van der Waals surface area contributed by atoms with Crippen LogP contribution in [0.25, 0.3) is 0 Å². The zero-order valence-corrected chi connectivity index (χ0v) is 10.2. The molecule has 0 spiro atoms. The first kappa shape index (κ1) is 12.8. The lowest BCUT2D eigenvalue weighted by molar-refractivity contribution is -0.121. The molecule has 1 atom stereocenters. The molecular weight excluding hydrogens is 208 g/mol. The number of nitrogens with two attached hydrogens (primary N) is 1. The fraction of sp³-hybridized carbons (Fsp3) is 0.909. The Morgan fingerprint density at radius 2 is 2.27 bits per heavy atom. The highest BCUT2D eigenvalue weighted by Crippen LogP contribution is 2.22. The molecule has 1 aliphatic rings. The lowest BCUT2D eigenvalue weighted by Crippen LogP contribution is -2.29. The molecule has 1 saturated heterocycles. The number of unbranched alkanes of at least 4 members (excludes halogenated alkanes) is 2. The lowest BCUT2D eigenvalue weighted by atomic mass is 10.1. The van der Waals surface area contributed by atoms with E-state index in [1.165, 1.54) is 17.9 Å². The quantitative estimate of drug-likeness (QED) is 0.650. The molecule has 1 fully saturated rings. The Kier molecular flexibility index (Phi) is 6.85. The summed E-state index contributed by atoms with van der Waals surface area (Å²) in [5.74, 6) is 3.40. The summed E-state index contributed by atoms with van der Waals surface area (Å²) in [5.41, 5.74) is 5.38. The highest BCUT2D eigenvalue weighted by molar-refractivity contribution is 7.99. The summed E-state index contributed by atoms with van der Waals surface area (Å²) in [6.45, 7) is 1.61. The predicted octanol–water partition coefficient (Wildman–Crippen LogP) is 1.37. The average molecular weight is 230 g/mol. The Balaban J connectivity index is 1.93. The topological polar surface area (TPSA) is 55.1 Å². The van der Waals surface area contributed by atoms with Crippen molar-refractivity contribution in [2.45, 2.75) is 32.1 Å². The number of amides is 1. The van der Waals surface area contributed by atoms with Crippen molar-refractivity contribution in [3.63, 3.8) is 0 Å². The van der Waals surface area contributed by atoms with Crippen LogP contribution in [0.15, 0.2) is 0 Å². The fourth-order valence-electron chi connectivity index (χ4n) is 1.70. The number of hydrogen-bond acceptors (Lipinski definition) is 3. The minimum Gasteiger partial charge on any atom is -0.356 e. The van der Waals surface area contributed by atoms with Crippen LogP contribution in [0.4, 0.5) is 0 Å². The molecule has 1 rings (SSSR count). The van der Waals surface area contributed by atoms with Gasteiger partial charge in [-0.25, -0.2) is 0 Å². The Morgan fingerprint density at radius 1 is 1.40 bits per heavy atom. The second-order valence-corrected chi connectivity index (χ2v) is 5.28. The molecule has 15 heavy (non-hydrogen) atoms.